The quantitative estimate of drug-likeness (QED) is 0.758. The van der Waals surface area contributed by atoms with E-state index in [1.165, 1.54) is 5.57 Å². The van der Waals surface area contributed by atoms with Crippen molar-refractivity contribution < 1.29 is 4.74 Å². The normalized spacial score (nSPS) is 11.9. The van der Waals surface area contributed by atoms with Gasteiger partial charge in [-0.25, -0.2) is 0 Å². The van der Waals surface area contributed by atoms with Crippen LogP contribution in [0.2, 0.25) is 5.02 Å². The van der Waals surface area contributed by atoms with Crippen molar-refractivity contribution in [2.24, 2.45) is 0 Å². The molecule has 4 heteroatoms. The first-order valence-corrected chi connectivity index (χ1v) is 7.18. The molecular formula is C14H19BrClNO. The molecule has 0 aromatic heterocycles. The Morgan fingerprint density at radius 1 is 1.50 bits per heavy atom. The van der Waals surface area contributed by atoms with Crippen molar-refractivity contribution in [2.75, 3.05) is 26.8 Å². The van der Waals surface area contributed by atoms with Crippen LogP contribution in [-0.4, -0.2) is 26.8 Å². The Labute approximate surface area is 122 Å². The Morgan fingerprint density at radius 2 is 2.28 bits per heavy atom. The van der Waals surface area contributed by atoms with Crippen molar-refractivity contribution in [3.63, 3.8) is 0 Å². The third kappa shape index (κ3) is 5.53. The van der Waals surface area contributed by atoms with Gasteiger partial charge in [0.15, 0.2) is 0 Å². The average Bonchev–Trinajstić information content (AvgIpc) is 2.37. The molecular weight excluding hydrogens is 314 g/mol. The number of hydrogen-bond acceptors (Lipinski definition) is 2. The van der Waals surface area contributed by atoms with Gasteiger partial charge in [0, 0.05) is 24.7 Å². The molecule has 1 aromatic carbocycles. The molecule has 0 atom stereocenters. The minimum absolute atomic E-state index is 0.739. The summed E-state index contributed by atoms with van der Waals surface area (Å²) in [6.07, 6.45) is 3.22. The van der Waals surface area contributed by atoms with Gasteiger partial charge in [0.05, 0.1) is 11.6 Å². The van der Waals surface area contributed by atoms with Gasteiger partial charge >= 0.3 is 0 Å². The van der Waals surface area contributed by atoms with Crippen LogP contribution in [0.5, 0.6) is 0 Å². The third-order valence-electron chi connectivity index (χ3n) is 2.60. The molecule has 1 rings (SSSR count). The molecule has 0 radical (unpaired) electrons. The molecule has 0 aliphatic carbocycles. The zero-order chi connectivity index (χ0) is 13.4. The lowest BCUT2D eigenvalue weighted by molar-refractivity contribution is 0.200. The van der Waals surface area contributed by atoms with Gasteiger partial charge < -0.3 is 10.1 Å². The highest BCUT2D eigenvalue weighted by atomic mass is 79.9. The third-order valence-corrected chi connectivity index (χ3v) is 3.82. The van der Waals surface area contributed by atoms with Crippen molar-refractivity contribution in [2.45, 2.75) is 13.3 Å². The highest BCUT2D eigenvalue weighted by Gasteiger charge is 1.99. The summed E-state index contributed by atoms with van der Waals surface area (Å²) in [7, 11) is 1.71. The topological polar surface area (TPSA) is 21.3 Å². The summed E-state index contributed by atoms with van der Waals surface area (Å²) in [5, 5.41) is 4.09. The van der Waals surface area contributed by atoms with Crippen molar-refractivity contribution >= 4 is 33.6 Å². The van der Waals surface area contributed by atoms with E-state index in [0.717, 1.165) is 41.2 Å². The first kappa shape index (κ1) is 15.7. The van der Waals surface area contributed by atoms with E-state index in [0.29, 0.717) is 0 Å². The van der Waals surface area contributed by atoms with Gasteiger partial charge in [0.1, 0.15) is 0 Å². The van der Waals surface area contributed by atoms with Crippen LogP contribution in [0.3, 0.4) is 0 Å². The smallest absolute Gasteiger partial charge is 0.0587 e. The number of methoxy groups -OCH3 is 1. The lowest BCUT2D eigenvalue weighted by Crippen LogP contribution is -2.21. The fraction of sp³-hybridized carbons (Fsp3) is 0.429. The minimum Gasteiger partial charge on any atom is -0.383 e. The van der Waals surface area contributed by atoms with Crippen molar-refractivity contribution in [1.82, 2.24) is 5.32 Å². The summed E-state index contributed by atoms with van der Waals surface area (Å²) in [5.74, 6) is 0. The standard InChI is InChI=1S/C14H19BrClNO/c1-3-11(10-17-6-7-18-2)8-12-4-5-14(16)13(15)9-12/h4-5,8-9,17H,3,6-7,10H2,1-2H3/b11-8-. The molecule has 0 amide bonds. The van der Waals surface area contributed by atoms with Gasteiger partial charge in [-0.1, -0.05) is 36.2 Å². The molecule has 18 heavy (non-hydrogen) atoms. The zero-order valence-corrected chi connectivity index (χ0v) is 13.1. The second kappa shape index (κ2) is 8.70. The Bertz CT molecular complexity index is 407. The molecule has 0 fully saturated rings. The van der Waals surface area contributed by atoms with Crippen LogP contribution >= 0.6 is 27.5 Å². The molecule has 0 aliphatic heterocycles. The summed E-state index contributed by atoms with van der Waals surface area (Å²) in [6.45, 7) is 4.66. The van der Waals surface area contributed by atoms with Gasteiger partial charge in [-0.15, -0.1) is 0 Å². The number of ether oxygens (including phenoxy) is 1. The first-order valence-electron chi connectivity index (χ1n) is 6.01. The molecule has 0 spiro atoms. The van der Waals surface area contributed by atoms with E-state index >= 15 is 0 Å². The van der Waals surface area contributed by atoms with E-state index < -0.39 is 0 Å². The summed E-state index contributed by atoms with van der Waals surface area (Å²) in [4.78, 5) is 0. The largest absolute Gasteiger partial charge is 0.383 e. The molecule has 0 saturated heterocycles. The second-order valence-corrected chi connectivity index (χ2v) is 5.26. The molecule has 2 nitrogen and oxygen atoms in total. The summed E-state index contributed by atoms with van der Waals surface area (Å²) in [6, 6.07) is 5.97. The molecule has 1 N–H and O–H groups in total. The minimum atomic E-state index is 0.739. The van der Waals surface area contributed by atoms with Crippen LogP contribution in [0.25, 0.3) is 6.08 Å². The van der Waals surface area contributed by atoms with Crippen LogP contribution in [0.1, 0.15) is 18.9 Å². The maximum Gasteiger partial charge on any atom is 0.0587 e. The number of benzene rings is 1. The van der Waals surface area contributed by atoms with Crippen molar-refractivity contribution in [1.29, 1.82) is 0 Å². The zero-order valence-electron chi connectivity index (χ0n) is 10.8. The number of nitrogens with one attached hydrogen (secondary N) is 1. The predicted octanol–water partition coefficient (Wildman–Crippen LogP) is 4.13. The van der Waals surface area contributed by atoms with Gasteiger partial charge in [-0.2, -0.15) is 0 Å². The Morgan fingerprint density at radius 3 is 2.89 bits per heavy atom. The Hall–Kier alpha value is -0.350. The fourth-order valence-electron chi connectivity index (χ4n) is 1.54. The van der Waals surface area contributed by atoms with Gasteiger partial charge in [0.25, 0.3) is 0 Å². The SMILES string of the molecule is CC/C(=C/c1ccc(Cl)c(Br)c1)CNCCOC. The van der Waals surface area contributed by atoms with Crippen LogP contribution < -0.4 is 5.32 Å². The molecule has 1 aromatic rings. The molecule has 0 unspecified atom stereocenters. The first-order chi connectivity index (χ1) is 8.67. The lowest BCUT2D eigenvalue weighted by Gasteiger charge is -2.07. The maximum atomic E-state index is 5.98. The molecule has 100 valence electrons. The molecule has 0 bridgehead atoms. The second-order valence-electron chi connectivity index (χ2n) is 4.00. The van der Waals surface area contributed by atoms with E-state index in [1.807, 2.05) is 18.2 Å². The number of halogens is 2. The van der Waals surface area contributed by atoms with Gasteiger partial charge in [-0.05, 0) is 40.0 Å². The van der Waals surface area contributed by atoms with Gasteiger partial charge in [0.2, 0.25) is 0 Å². The van der Waals surface area contributed by atoms with Gasteiger partial charge in [-0.3, -0.25) is 0 Å². The molecule has 0 aliphatic rings. The predicted molar refractivity (Wildman–Crippen MR) is 82.2 cm³/mol. The molecule has 0 heterocycles. The van der Waals surface area contributed by atoms with Crippen LogP contribution in [0.4, 0.5) is 0 Å². The van der Waals surface area contributed by atoms with Crippen LogP contribution in [-0.2, 0) is 4.74 Å². The van der Waals surface area contributed by atoms with E-state index in [-0.39, 0.29) is 0 Å². The van der Waals surface area contributed by atoms with E-state index in [1.54, 1.807) is 7.11 Å². The Kier molecular flexibility index (Phi) is 7.59. The summed E-state index contributed by atoms with van der Waals surface area (Å²) < 4.78 is 5.93. The van der Waals surface area contributed by atoms with E-state index in [2.05, 4.69) is 34.2 Å². The fourth-order valence-corrected chi connectivity index (χ4v) is 2.05. The van der Waals surface area contributed by atoms with E-state index in [4.69, 9.17) is 16.3 Å². The maximum absolute atomic E-state index is 5.98. The summed E-state index contributed by atoms with van der Waals surface area (Å²) >= 11 is 9.41. The number of hydrogen-bond donors (Lipinski definition) is 1. The molecule has 0 saturated carbocycles. The van der Waals surface area contributed by atoms with Crippen LogP contribution in [0, 0.1) is 0 Å². The highest BCUT2D eigenvalue weighted by molar-refractivity contribution is 9.10. The van der Waals surface area contributed by atoms with Crippen molar-refractivity contribution in [3.05, 3.63) is 38.8 Å². The number of rotatable bonds is 7. The van der Waals surface area contributed by atoms with Crippen LogP contribution in [0.15, 0.2) is 28.2 Å². The van der Waals surface area contributed by atoms with Crippen molar-refractivity contribution in [3.8, 4) is 0 Å². The lowest BCUT2D eigenvalue weighted by atomic mass is 10.1. The monoisotopic (exact) mass is 331 g/mol. The van der Waals surface area contributed by atoms with E-state index in [9.17, 15) is 0 Å². The summed E-state index contributed by atoms with van der Waals surface area (Å²) in [5.41, 5.74) is 2.52. The highest BCUT2D eigenvalue weighted by Crippen LogP contribution is 2.24. The Balaban J connectivity index is 2.62. The average molecular weight is 333 g/mol.